The number of hydrogen-bond acceptors (Lipinski definition) is 6. The minimum Gasteiger partial charge on any atom is -0.497 e. The lowest BCUT2D eigenvalue weighted by Gasteiger charge is -2.24. The highest BCUT2D eigenvalue weighted by Crippen LogP contribution is 2.36. The standard InChI is InChI=1S/C33H31ClF2N4O5S/c1-44-24-11-7-21(8-12-24)17-40(18-22-9-13-25(45-2)14-10-22)46(42,43)30-16-23(15-29-27(30)19-39(38-29)20-31(35)36)32(33(37)41)26-5-3-4-6-28(26)34/h3-16,19,31-32H,17-18,20H2,1-2H3,(H2,37,41). The number of benzene rings is 4. The van der Waals surface area contributed by atoms with Crippen molar-refractivity contribution in [3.05, 3.63) is 118 Å². The molecule has 9 nitrogen and oxygen atoms in total. The van der Waals surface area contributed by atoms with Crippen LogP contribution in [-0.2, 0) is 34.5 Å². The number of rotatable bonds is 13. The van der Waals surface area contributed by atoms with Crippen molar-refractivity contribution >= 4 is 38.4 Å². The van der Waals surface area contributed by atoms with Gasteiger partial charge in [-0.1, -0.05) is 54.1 Å². The Labute approximate surface area is 270 Å². The second-order valence-electron chi connectivity index (χ2n) is 10.5. The lowest BCUT2D eigenvalue weighted by molar-refractivity contribution is -0.118. The first kappa shape index (κ1) is 32.9. The maximum absolute atomic E-state index is 14.7. The van der Waals surface area contributed by atoms with Crippen LogP contribution in [-0.4, -0.2) is 49.1 Å². The van der Waals surface area contributed by atoms with Gasteiger partial charge in [0.1, 0.15) is 18.0 Å². The third-order valence-electron chi connectivity index (χ3n) is 7.47. The molecule has 2 N–H and O–H groups in total. The number of primary amides is 1. The van der Waals surface area contributed by atoms with Crippen LogP contribution in [0, 0.1) is 0 Å². The monoisotopic (exact) mass is 668 g/mol. The molecule has 240 valence electrons. The Balaban J connectivity index is 1.70. The van der Waals surface area contributed by atoms with Crippen molar-refractivity contribution in [2.24, 2.45) is 5.73 Å². The Hall–Kier alpha value is -4.52. The van der Waals surface area contributed by atoms with Crippen LogP contribution < -0.4 is 15.2 Å². The van der Waals surface area contributed by atoms with E-state index in [9.17, 15) is 22.0 Å². The van der Waals surface area contributed by atoms with Gasteiger partial charge in [-0.05, 0) is 64.7 Å². The highest BCUT2D eigenvalue weighted by molar-refractivity contribution is 7.89. The molecule has 1 unspecified atom stereocenters. The number of nitrogens with zero attached hydrogens (tertiary/aromatic N) is 3. The molecule has 0 fully saturated rings. The molecule has 0 aliphatic heterocycles. The maximum atomic E-state index is 14.7. The van der Waals surface area contributed by atoms with E-state index in [0.29, 0.717) is 28.2 Å². The van der Waals surface area contributed by atoms with E-state index in [-0.39, 0.29) is 39.5 Å². The third-order valence-corrected chi connectivity index (χ3v) is 9.65. The predicted octanol–water partition coefficient (Wildman–Crippen LogP) is 5.98. The molecule has 0 aliphatic rings. The number of nitrogens with two attached hydrogens (primary N) is 1. The summed E-state index contributed by atoms with van der Waals surface area (Å²) in [5, 5.41) is 4.61. The van der Waals surface area contributed by atoms with Gasteiger partial charge in [0.2, 0.25) is 15.9 Å². The van der Waals surface area contributed by atoms with Crippen LogP contribution in [0.2, 0.25) is 5.02 Å². The number of sulfonamides is 1. The summed E-state index contributed by atoms with van der Waals surface area (Å²) in [6.07, 6.45) is -1.47. The van der Waals surface area contributed by atoms with E-state index in [1.54, 1.807) is 72.8 Å². The summed E-state index contributed by atoms with van der Waals surface area (Å²) < 4.78 is 69.0. The second-order valence-corrected chi connectivity index (χ2v) is 12.8. The Morgan fingerprint density at radius 1 is 0.935 bits per heavy atom. The molecule has 5 rings (SSSR count). The molecular formula is C33H31ClF2N4O5S. The minimum atomic E-state index is -4.40. The lowest BCUT2D eigenvalue weighted by Crippen LogP contribution is -2.31. The Morgan fingerprint density at radius 3 is 2.00 bits per heavy atom. The number of hydrogen-bond donors (Lipinski definition) is 1. The first-order valence-electron chi connectivity index (χ1n) is 14.1. The van der Waals surface area contributed by atoms with E-state index in [4.69, 9.17) is 26.8 Å². The average Bonchev–Trinajstić information content (AvgIpc) is 3.43. The molecule has 4 aromatic carbocycles. The van der Waals surface area contributed by atoms with Crippen molar-refractivity contribution in [3.63, 3.8) is 0 Å². The quantitative estimate of drug-likeness (QED) is 0.165. The first-order chi connectivity index (χ1) is 22.0. The normalized spacial score (nSPS) is 12.5. The van der Waals surface area contributed by atoms with Crippen LogP contribution in [0.25, 0.3) is 10.9 Å². The van der Waals surface area contributed by atoms with E-state index < -0.39 is 34.8 Å². The van der Waals surface area contributed by atoms with Gasteiger partial charge in [0.05, 0.1) is 30.5 Å². The molecule has 1 aromatic heterocycles. The molecule has 13 heteroatoms. The number of alkyl halides is 2. The SMILES string of the molecule is COc1ccc(CN(Cc2ccc(OC)cc2)S(=O)(=O)c2cc(C(C(N)=O)c3ccccc3Cl)cc3nn(CC(F)F)cc23)cc1. The van der Waals surface area contributed by atoms with Crippen molar-refractivity contribution in [1.29, 1.82) is 0 Å². The van der Waals surface area contributed by atoms with Crippen molar-refractivity contribution in [2.45, 2.75) is 36.9 Å². The van der Waals surface area contributed by atoms with Gasteiger partial charge in [0.25, 0.3) is 6.43 Å². The fraction of sp³-hybridized carbons (Fsp3) is 0.212. The van der Waals surface area contributed by atoms with Gasteiger partial charge < -0.3 is 15.2 Å². The van der Waals surface area contributed by atoms with Gasteiger partial charge in [-0.25, -0.2) is 17.2 Å². The Bertz CT molecular complexity index is 1900. The lowest BCUT2D eigenvalue weighted by atomic mass is 9.90. The van der Waals surface area contributed by atoms with E-state index in [2.05, 4.69) is 5.10 Å². The van der Waals surface area contributed by atoms with Gasteiger partial charge in [-0.15, -0.1) is 0 Å². The molecule has 0 spiro atoms. The summed E-state index contributed by atoms with van der Waals surface area (Å²) >= 11 is 6.44. The average molecular weight is 669 g/mol. The third kappa shape index (κ3) is 7.14. The summed E-state index contributed by atoms with van der Waals surface area (Å²) in [5.41, 5.74) is 7.85. The molecule has 46 heavy (non-hydrogen) atoms. The summed E-state index contributed by atoms with van der Waals surface area (Å²) in [6.45, 7) is -0.841. The number of fused-ring (bicyclic) bond motifs is 1. The van der Waals surface area contributed by atoms with Crippen molar-refractivity contribution < 1.29 is 31.5 Å². The number of methoxy groups -OCH3 is 2. The fourth-order valence-electron chi connectivity index (χ4n) is 5.22. The topological polar surface area (TPSA) is 117 Å². The maximum Gasteiger partial charge on any atom is 0.257 e. The van der Waals surface area contributed by atoms with Gasteiger partial charge in [0, 0.05) is 29.7 Å². The molecule has 0 aliphatic carbocycles. The molecule has 1 atom stereocenters. The van der Waals surface area contributed by atoms with Crippen LogP contribution in [0.15, 0.2) is 96.0 Å². The zero-order valence-electron chi connectivity index (χ0n) is 24.9. The van der Waals surface area contributed by atoms with Gasteiger partial charge in [-0.3, -0.25) is 9.48 Å². The summed E-state index contributed by atoms with van der Waals surface area (Å²) in [7, 11) is -1.34. The number of ether oxygens (including phenoxy) is 2. The van der Waals surface area contributed by atoms with Crippen molar-refractivity contribution in [2.75, 3.05) is 14.2 Å². The first-order valence-corrected chi connectivity index (χ1v) is 15.9. The van der Waals surface area contributed by atoms with E-state index in [0.717, 1.165) is 4.68 Å². The van der Waals surface area contributed by atoms with Gasteiger partial charge in [-0.2, -0.15) is 9.40 Å². The molecule has 0 saturated heterocycles. The van der Waals surface area contributed by atoms with Crippen LogP contribution in [0.4, 0.5) is 8.78 Å². The molecule has 1 amide bonds. The largest absolute Gasteiger partial charge is 0.497 e. The zero-order valence-corrected chi connectivity index (χ0v) is 26.5. The number of carbonyl (C=O) groups is 1. The van der Waals surface area contributed by atoms with Gasteiger partial charge in [0.15, 0.2) is 0 Å². The summed E-state index contributed by atoms with van der Waals surface area (Å²) in [6, 6.07) is 23.3. The van der Waals surface area contributed by atoms with E-state index >= 15 is 0 Å². The van der Waals surface area contributed by atoms with Crippen LogP contribution in [0.3, 0.4) is 0 Å². The van der Waals surface area contributed by atoms with Crippen LogP contribution >= 0.6 is 11.6 Å². The number of halogens is 3. The van der Waals surface area contributed by atoms with E-state index in [1.165, 1.54) is 36.9 Å². The minimum absolute atomic E-state index is 0.0426. The highest BCUT2D eigenvalue weighted by atomic mass is 35.5. The van der Waals surface area contributed by atoms with Crippen LogP contribution in [0.5, 0.6) is 11.5 Å². The van der Waals surface area contributed by atoms with E-state index in [1.807, 2.05) is 0 Å². The molecule has 0 saturated carbocycles. The summed E-state index contributed by atoms with van der Waals surface area (Å²) in [4.78, 5) is 12.7. The predicted molar refractivity (Wildman–Crippen MR) is 171 cm³/mol. The van der Waals surface area contributed by atoms with Crippen molar-refractivity contribution in [1.82, 2.24) is 14.1 Å². The smallest absolute Gasteiger partial charge is 0.257 e. The van der Waals surface area contributed by atoms with Gasteiger partial charge >= 0.3 is 0 Å². The molecule has 1 heterocycles. The number of amides is 1. The molecular weight excluding hydrogens is 638 g/mol. The van der Waals surface area contributed by atoms with Crippen molar-refractivity contribution in [3.8, 4) is 11.5 Å². The number of carbonyl (C=O) groups excluding carboxylic acids is 1. The van der Waals surface area contributed by atoms with Crippen LogP contribution in [0.1, 0.15) is 28.2 Å². The zero-order chi connectivity index (χ0) is 33.0. The Morgan fingerprint density at radius 2 is 1.50 bits per heavy atom. The highest BCUT2D eigenvalue weighted by Gasteiger charge is 2.32. The molecule has 0 radical (unpaired) electrons. The summed E-state index contributed by atoms with van der Waals surface area (Å²) in [5.74, 6) is -0.725. The fourth-order valence-corrected chi connectivity index (χ4v) is 7.10. The molecule has 0 bridgehead atoms. The number of aromatic nitrogens is 2. The Kier molecular flexibility index (Phi) is 9.90. The second kappa shape index (κ2) is 13.9. The molecule has 5 aromatic rings.